The third-order valence-corrected chi connectivity index (χ3v) is 3.85. The van der Waals surface area contributed by atoms with E-state index in [1.807, 2.05) is 13.1 Å². The molecule has 2 rings (SSSR count). The van der Waals surface area contributed by atoms with Crippen molar-refractivity contribution >= 4 is 18.2 Å². The maximum Gasteiger partial charge on any atom is 0.149 e. The summed E-state index contributed by atoms with van der Waals surface area (Å²) in [6, 6.07) is 10.4. The first-order chi connectivity index (χ1) is 9.25. The summed E-state index contributed by atoms with van der Waals surface area (Å²) in [5.74, 6) is 0.692. The van der Waals surface area contributed by atoms with Crippen LogP contribution in [0.4, 0.5) is 0 Å². The lowest BCUT2D eigenvalue weighted by molar-refractivity contribution is -0.124. The van der Waals surface area contributed by atoms with E-state index in [-0.39, 0.29) is 18.3 Å². The number of carbonyl (C=O) groups excluding carboxylic acids is 1. The normalized spacial score (nSPS) is 15.9. The second-order valence-corrected chi connectivity index (χ2v) is 5.46. The van der Waals surface area contributed by atoms with Crippen LogP contribution in [0, 0.1) is 5.92 Å². The molecule has 0 aliphatic carbocycles. The van der Waals surface area contributed by atoms with E-state index < -0.39 is 0 Å². The smallest absolute Gasteiger partial charge is 0.149 e. The van der Waals surface area contributed by atoms with Crippen molar-refractivity contribution < 1.29 is 4.79 Å². The number of piperidine rings is 1. The molecule has 1 N–H and O–H groups in total. The standard InChI is InChI=1S/C16H24N2O.ClH/c1-18(12-9-14-5-3-2-4-6-14)13-16(19)15-7-10-17-11-8-15;/h2-6,15,17H,7-13H2,1H3;1H. The Balaban J connectivity index is 0.00000200. The molecule has 0 aromatic heterocycles. The van der Waals surface area contributed by atoms with Gasteiger partial charge in [0.25, 0.3) is 0 Å². The number of rotatable bonds is 6. The highest BCUT2D eigenvalue weighted by atomic mass is 35.5. The van der Waals surface area contributed by atoms with E-state index in [4.69, 9.17) is 0 Å². The number of hydrogen-bond acceptors (Lipinski definition) is 3. The van der Waals surface area contributed by atoms with Crippen molar-refractivity contribution in [3.63, 3.8) is 0 Å². The van der Waals surface area contributed by atoms with Crippen molar-refractivity contribution in [1.82, 2.24) is 10.2 Å². The Kier molecular flexibility index (Phi) is 7.82. The van der Waals surface area contributed by atoms with Crippen molar-refractivity contribution in [1.29, 1.82) is 0 Å². The maximum absolute atomic E-state index is 12.2. The van der Waals surface area contributed by atoms with Gasteiger partial charge in [0.05, 0.1) is 6.54 Å². The van der Waals surface area contributed by atoms with Crippen LogP contribution in [0.2, 0.25) is 0 Å². The van der Waals surface area contributed by atoms with E-state index in [0.717, 1.165) is 38.9 Å². The fraction of sp³-hybridized carbons (Fsp3) is 0.562. The first-order valence-corrected chi connectivity index (χ1v) is 7.21. The van der Waals surface area contributed by atoms with Crippen LogP contribution in [0.25, 0.3) is 0 Å². The molecule has 1 aromatic rings. The number of nitrogens with one attached hydrogen (secondary N) is 1. The van der Waals surface area contributed by atoms with Crippen LogP contribution >= 0.6 is 12.4 Å². The highest BCUT2D eigenvalue weighted by Crippen LogP contribution is 2.13. The Morgan fingerprint density at radius 1 is 1.25 bits per heavy atom. The summed E-state index contributed by atoms with van der Waals surface area (Å²) in [4.78, 5) is 14.3. The number of benzene rings is 1. The number of carbonyl (C=O) groups is 1. The van der Waals surface area contributed by atoms with Crippen LogP contribution < -0.4 is 5.32 Å². The highest BCUT2D eigenvalue weighted by Gasteiger charge is 2.21. The van der Waals surface area contributed by atoms with Gasteiger partial charge in [-0.05, 0) is 45.0 Å². The molecule has 1 aliphatic heterocycles. The summed E-state index contributed by atoms with van der Waals surface area (Å²) in [5.41, 5.74) is 1.34. The summed E-state index contributed by atoms with van der Waals surface area (Å²) >= 11 is 0. The predicted octanol–water partition coefficient (Wildman–Crippen LogP) is 2.15. The number of Topliss-reactive ketones (excluding diaryl/α,β-unsaturated/α-hetero) is 1. The van der Waals surface area contributed by atoms with Gasteiger partial charge in [-0.1, -0.05) is 30.3 Å². The van der Waals surface area contributed by atoms with Gasteiger partial charge in [0.1, 0.15) is 5.78 Å². The van der Waals surface area contributed by atoms with E-state index in [1.165, 1.54) is 5.56 Å². The first kappa shape index (κ1) is 17.2. The van der Waals surface area contributed by atoms with Crippen LogP contribution in [-0.4, -0.2) is 43.9 Å². The molecule has 20 heavy (non-hydrogen) atoms. The second-order valence-electron chi connectivity index (χ2n) is 5.46. The third kappa shape index (κ3) is 5.61. The Labute approximate surface area is 128 Å². The molecule has 1 heterocycles. The highest BCUT2D eigenvalue weighted by molar-refractivity contribution is 5.85. The van der Waals surface area contributed by atoms with Gasteiger partial charge in [0.2, 0.25) is 0 Å². The van der Waals surface area contributed by atoms with Crippen LogP contribution in [-0.2, 0) is 11.2 Å². The van der Waals surface area contributed by atoms with Gasteiger partial charge in [0.15, 0.2) is 0 Å². The van der Waals surface area contributed by atoms with E-state index >= 15 is 0 Å². The van der Waals surface area contributed by atoms with Crippen molar-refractivity contribution in [2.24, 2.45) is 5.92 Å². The van der Waals surface area contributed by atoms with Crippen molar-refractivity contribution in [2.75, 3.05) is 33.2 Å². The summed E-state index contributed by atoms with van der Waals surface area (Å²) < 4.78 is 0. The predicted molar refractivity (Wildman–Crippen MR) is 85.5 cm³/mol. The molecule has 4 heteroatoms. The fourth-order valence-electron chi connectivity index (χ4n) is 2.58. The van der Waals surface area contributed by atoms with Crippen molar-refractivity contribution in [3.8, 4) is 0 Å². The van der Waals surface area contributed by atoms with Gasteiger partial charge in [-0.15, -0.1) is 12.4 Å². The molecule has 1 aromatic carbocycles. The minimum absolute atomic E-state index is 0. The quantitative estimate of drug-likeness (QED) is 0.873. The zero-order valence-corrected chi connectivity index (χ0v) is 13.0. The number of hydrogen-bond donors (Lipinski definition) is 1. The zero-order valence-electron chi connectivity index (χ0n) is 12.2. The Bertz CT molecular complexity index is 391. The second kappa shape index (κ2) is 9.11. The van der Waals surface area contributed by atoms with Crippen molar-refractivity contribution in [2.45, 2.75) is 19.3 Å². The summed E-state index contributed by atoms with van der Waals surface area (Å²) in [6.07, 6.45) is 3.02. The molecule has 0 radical (unpaired) electrons. The van der Waals surface area contributed by atoms with E-state index in [0.29, 0.717) is 12.3 Å². The minimum atomic E-state index is 0. The lowest BCUT2D eigenvalue weighted by Crippen LogP contribution is -2.37. The van der Waals surface area contributed by atoms with Crippen molar-refractivity contribution in [3.05, 3.63) is 35.9 Å². The average Bonchev–Trinajstić information content (AvgIpc) is 2.47. The number of halogens is 1. The molecule has 1 aliphatic rings. The number of ketones is 1. The van der Waals surface area contributed by atoms with Gasteiger partial charge < -0.3 is 5.32 Å². The Morgan fingerprint density at radius 2 is 1.90 bits per heavy atom. The minimum Gasteiger partial charge on any atom is -0.317 e. The lowest BCUT2D eigenvalue weighted by atomic mass is 9.93. The molecule has 1 fully saturated rings. The molecular weight excluding hydrogens is 272 g/mol. The first-order valence-electron chi connectivity index (χ1n) is 7.21. The van der Waals surface area contributed by atoms with Crippen LogP contribution in [0.5, 0.6) is 0 Å². The summed E-state index contributed by atoms with van der Waals surface area (Å²) in [7, 11) is 2.04. The van der Waals surface area contributed by atoms with E-state index in [2.05, 4.69) is 34.5 Å². The van der Waals surface area contributed by atoms with Gasteiger partial charge >= 0.3 is 0 Å². The van der Waals surface area contributed by atoms with Gasteiger partial charge in [-0.3, -0.25) is 9.69 Å². The van der Waals surface area contributed by atoms with E-state index in [1.54, 1.807) is 0 Å². The fourth-order valence-corrected chi connectivity index (χ4v) is 2.58. The Morgan fingerprint density at radius 3 is 2.55 bits per heavy atom. The SMILES string of the molecule is CN(CCc1ccccc1)CC(=O)C1CCNCC1.Cl. The number of nitrogens with zero attached hydrogens (tertiary/aromatic N) is 1. The van der Waals surface area contributed by atoms with Gasteiger partial charge in [-0.2, -0.15) is 0 Å². The summed E-state index contributed by atoms with van der Waals surface area (Å²) in [6.45, 7) is 3.52. The molecule has 112 valence electrons. The Hall–Kier alpha value is -0.900. The lowest BCUT2D eigenvalue weighted by Gasteiger charge is -2.24. The zero-order chi connectivity index (χ0) is 13.5. The molecule has 0 atom stereocenters. The van der Waals surface area contributed by atoms with Gasteiger partial charge in [0, 0.05) is 12.5 Å². The topological polar surface area (TPSA) is 32.3 Å². The van der Waals surface area contributed by atoms with Crippen LogP contribution in [0.1, 0.15) is 18.4 Å². The molecule has 0 bridgehead atoms. The molecule has 0 spiro atoms. The molecule has 0 amide bonds. The molecule has 0 saturated carbocycles. The third-order valence-electron chi connectivity index (χ3n) is 3.85. The maximum atomic E-state index is 12.2. The molecule has 1 saturated heterocycles. The van der Waals surface area contributed by atoms with Crippen LogP contribution in [0.3, 0.4) is 0 Å². The molecule has 0 unspecified atom stereocenters. The summed E-state index contributed by atoms with van der Waals surface area (Å²) in [5, 5.41) is 3.30. The average molecular weight is 297 g/mol. The number of likely N-dealkylation sites (N-methyl/N-ethyl adjacent to an activating group) is 1. The van der Waals surface area contributed by atoms with Gasteiger partial charge in [-0.25, -0.2) is 0 Å². The molecular formula is C16H25ClN2O. The van der Waals surface area contributed by atoms with E-state index in [9.17, 15) is 4.79 Å². The monoisotopic (exact) mass is 296 g/mol. The van der Waals surface area contributed by atoms with Crippen LogP contribution in [0.15, 0.2) is 30.3 Å². The molecule has 3 nitrogen and oxygen atoms in total. The largest absolute Gasteiger partial charge is 0.317 e.